The third kappa shape index (κ3) is 3.73. The standard InChI is InChI=1S/C16H22O4/c1-3-15(13-5-4-6-14(11-13)18-2)20-16(17)12-7-9-19-10-8-12/h4-6,11-12,15H,3,7-10H2,1-2H3. The lowest BCUT2D eigenvalue weighted by atomic mass is 10.00. The largest absolute Gasteiger partial charge is 0.497 e. The predicted molar refractivity (Wildman–Crippen MR) is 75.7 cm³/mol. The number of hydrogen-bond acceptors (Lipinski definition) is 4. The minimum atomic E-state index is -0.208. The minimum absolute atomic E-state index is 0.0246. The van der Waals surface area contributed by atoms with Crippen molar-refractivity contribution in [3.8, 4) is 5.75 Å². The monoisotopic (exact) mass is 278 g/mol. The number of esters is 1. The smallest absolute Gasteiger partial charge is 0.309 e. The molecule has 1 heterocycles. The lowest BCUT2D eigenvalue weighted by Gasteiger charge is -2.24. The van der Waals surface area contributed by atoms with E-state index in [4.69, 9.17) is 14.2 Å². The van der Waals surface area contributed by atoms with Crippen LogP contribution in [0.3, 0.4) is 0 Å². The van der Waals surface area contributed by atoms with Gasteiger partial charge >= 0.3 is 5.97 Å². The maximum Gasteiger partial charge on any atom is 0.309 e. The fourth-order valence-corrected chi connectivity index (χ4v) is 2.40. The van der Waals surface area contributed by atoms with Crippen molar-refractivity contribution in [2.24, 2.45) is 5.92 Å². The fraction of sp³-hybridized carbons (Fsp3) is 0.562. The third-order valence-electron chi connectivity index (χ3n) is 3.65. The van der Waals surface area contributed by atoms with E-state index < -0.39 is 0 Å². The molecule has 1 aromatic carbocycles. The summed E-state index contributed by atoms with van der Waals surface area (Å²) >= 11 is 0. The maximum atomic E-state index is 12.2. The molecular weight excluding hydrogens is 256 g/mol. The highest BCUT2D eigenvalue weighted by atomic mass is 16.5. The SMILES string of the molecule is CCC(OC(=O)C1CCOCC1)c1cccc(OC)c1. The number of benzene rings is 1. The summed E-state index contributed by atoms with van der Waals surface area (Å²) in [4.78, 5) is 12.2. The summed E-state index contributed by atoms with van der Waals surface area (Å²) in [5.74, 6) is 0.648. The van der Waals surface area contributed by atoms with E-state index in [1.54, 1.807) is 7.11 Å². The molecule has 0 bridgehead atoms. The van der Waals surface area contributed by atoms with Crippen LogP contribution in [0.4, 0.5) is 0 Å². The Hall–Kier alpha value is -1.55. The van der Waals surface area contributed by atoms with Gasteiger partial charge in [0.15, 0.2) is 0 Å². The Bertz CT molecular complexity index is 438. The summed E-state index contributed by atoms with van der Waals surface area (Å²) in [5, 5.41) is 0. The van der Waals surface area contributed by atoms with Gasteiger partial charge < -0.3 is 14.2 Å². The molecule has 4 nitrogen and oxygen atoms in total. The zero-order valence-electron chi connectivity index (χ0n) is 12.1. The topological polar surface area (TPSA) is 44.8 Å². The fourth-order valence-electron chi connectivity index (χ4n) is 2.40. The van der Waals surface area contributed by atoms with E-state index in [2.05, 4.69) is 0 Å². The molecule has 1 aliphatic rings. The van der Waals surface area contributed by atoms with Crippen LogP contribution in [-0.2, 0) is 14.3 Å². The van der Waals surface area contributed by atoms with Crippen molar-refractivity contribution in [2.75, 3.05) is 20.3 Å². The lowest BCUT2D eigenvalue weighted by Crippen LogP contribution is -2.26. The molecule has 0 amide bonds. The van der Waals surface area contributed by atoms with Gasteiger partial charge in [0.2, 0.25) is 0 Å². The molecule has 1 aliphatic heterocycles. The summed E-state index contributed by atoms with van der Waals surface area (Å²) in [6.07, 6.45) is 2.06. The van der Waals surface area contributed by atoms with Crippen molar-refractivity contribution in [1.29, 1.82) is 0 Å². The Balaban J connectivity index is 2.02. The van der Waals surface area contributed by atoms with Gasteiger partial charge in [-0.05, 0) is 37.0 Å². The normalized spacial score (nSPS) is 17.5. The molecular formula is C16H22O4. The van der Waals surface area contributed by atoms with E-state index in [0.29, 0.717) is 13.2 Å². The Labute approximate surface area is 120 Å². The Morgan fingerprint density at radius 2 is 2.15 bits per heavy atom. The molecule has 1 atom stereocenters. The summed E-state index contributed by atoms with van der Waals surface area (Å²) in [7, 11) is 1.63. The molecule has 1 fully saturated rings. The summed E-state index contributed by atoms with van der Waals surface area (Å²) in [6, 6.07) is 7.69. The van der Waals surface area contributed by atoms with Crippen molar-refractivity contribution in [2.45, 2.75) is 32.3 Å². The van der Waals surface area contributed by atoms with Crippen molar-refractivity contribution < 1.29 is 19.0 Å². The Morgan fingerprint density at radius 1 is 1.40 bits per heavy atom. The van der Waals surface area contributed by atoms with Crippen molar-refractivity contribution in [3.63, 3.8) is 0 Å². The van der Waals surface area contributed by atoms with Gasteiger partial charge in [-0.1, -0.05) is 19.1 Å². The van der Waals surface area contributed by atoms with E-state index in [1.807, 2.05) is 31.2 Å². The van der Waals surface area contributed by atoms with Crippen LogP contribution in [0.25, 0.3) is 0 Å². The molecule has 0 saturated carbocycles. The van der Waals surface area contributed by atoms with Crippen LogP contribution in [0.2, 0.25) is 0 Å². The molecule has 1 aromatic rings. The quantitative estimate of drug-likeness (QED) is 0.776. The lowest BCUT2D eigenvalue weighted by molar-refractivity contribution is -0.157. The molecule has 110 valence electrons. The molecule has 0 radical (unpaired) electrons. The van der Waals surface area contributed by atoms with Gasteiger partial charge in [-0.15, -0.1) is 0 Å². The third-order valence-corrected chi connectivity index (χ3v) is 3.65. The molecule has 0 aromatic heterocycles. The van der Waals surface area contributed by atoms with Crippen LogP contribution in [0, 0.1) is 5.92 Å². The maximum absolute atomic E-state index is 12.2. The van der Waals surface area contributed by atoms with Gasteiger partial charge in [0.1, 0.15) is 11.9 Å². The van der Waals surface area contributed by atoms with E-state index in [0.717, 1.165) is 30.6 Å². The van der Waals surface area contributed by atoms with E-state index >= 15 is 0 Å². The average molecular weight is 278 g/mol. The molecule has 0 N–H and O–H groups in total. The minimum Gasteiger partial charge on any atom is -0.497 e. The second-order valence-electron chi connectivity index (χ2n) is 5.00. The first-order chi connectivity index (χ1) is 9.74. The molecule has 1 unspecified atom stereocenters. The highest BCUT2D eigenvalue weighted by Gasteiger charge is 2.25. The molecule has 0 aliphatic carbocycles. The molecule has 4 heteroatoms. The van der Waals surface area contributed by atoms with Crippen molar-refractivity contribution >= 4 is 5.97 Å². The number of methoxy groups -OCH3 is 1. The van der Waals surface area contributed by atoms with Crippen LogP contribution in [0.1, 0.15) is 37.9 Å². The van der Waals surface area contributed by atoms with Gasteiger partial charge in [-0.25, -0.2) is 0 Å². The van der Waals surface area contributed by atoms with Crippen molar-refractivity contribution in [1.82, 2.24) is 0 Å². The Kier molecular flexibility index (Phi) is 5.41. The zero-order chi connectivity index (χ0) is 14.4. The number of rotatable bonds is 5. The second-order valence-corrected chi connectivity index (χ2v) is 5.00. The molecule has 20 heavy (non-hydrogen) atoms. The zero-order valence-corrected chi connectivity index (χ0v) is 12.1. The van der Waals surface area contributed by atoms with Crippen molar-refractivity contribution in [3.05, 3.63) is 29.8 Å². The number of carbonyl (C=O) groups is 1. The van der Waals surface area contributed by atoms with Gasteiger partial charge in [-0.3, -0.25) is 4.79 Å². The van der Waals surface area contributed by atoms with Gasteiger partial charge in [0, 0.05) is 13.2 Å². The van der Waals surface area contributed by atoms with Gasteiger partial charge in [0.05, 0.1) is 13.0 Å². The van der Waals surface area contributed by atoms with E-state index in [1.165, 1.54) is 0 Å². The summed E-state index contributed by atoms with van der Waals surface area (Å²) < 4.78 is 16.2. The first-order valence-corrected chi connectivity index (χ1v) is 7.16. The number of hydrogen-bond donors (Lipinski definition) is 0. The second kappa shape index (κ2) is 7.29. The number of carbonyl (C=O) groups excluding carboxylic acids is 1. The van der Waals surface area contributed by atoms with Gasteiger partial charge in [-0.2, -0.15) is 0 Å². The summed E-state index contributed by atoms with van der Waals surface area (Å²) in [5.41, 5.74) is 0.979. The predicted octanol–water partition coefficient (Wildman–Crippen LogP) is 3.12. The van der Waals surface area contributed by atoms with Crippen LogP contribution >= 0.6 is 0 Å². The number of ether oxygens (including phenoxy) is 3. The van der Waals surface area contributed by atoms with Crippen LogP contribution in [-0.4, -0.2) is 26.3 Å². The molecule has 1 saturated heterocycles. The van der Waals surface area contributed by atoms with Crippen LogP contribution < -0.4 is 4.74 Å². The first-order valence-electron chi connectivity index (χ1n) is 7.16. The van der Waals surface area contributed by atoms with Crippen LogP contribution in [0.5, 0.6) is 5.75 Å². The van der Waals surface area contributed by atoms with E-state index in [9.17, 15) is 4.79 Å². The summed E-state index contributed by atoms with van der Waals surface area (Å²) in [6.45, 7) is 3.31. The molecule has 0 spiro atoms. The van der Waals surface area contributed by atoms with Gasteiger partial charge in [0.25, 0.3) is 0 Å². The first kappa shape index (κ1) is 14.9. The highest BCUT2D eigenvalue weighted by molar-refractivity contribution is 5.72. The highest BCUT2D eigenvalue weighted by Crippen LogP contribution is 2.27. The van der Waals surface area contributed by atoms with Crippen LogP contribution in [0.15, 0.2) is 24.3 Å². The molecule has 2 rings (SSSR count). The Morgan fingerprint density at radius 3 is 2.80 bits per heavy atom. The average Bonchev–Trinajstić information content (AvgIpc) is 2.53. The van der Waals surface area contributed by atoms with E-state index in [-0.39, 0.29) is 18.0 Å².